The molecule has 1 fully saturated rings. The Hall–Kier alpha value is -1.36. The Morgan fingerprint density at radius 1 is 1.43 bits per heavy atom. The number of aromatic nitrogens is 2. The van der Waals surface area contributed by atoms with Gasteiger partial charge in [-0.1, -0.05) is 6.92 Å². The molecule has 1 aromatic rings. The van der Waals surface area contributed by atoms with E-state index < -0.39 is 0 Å². The number of nitrogens with one attached hydrogen (secondary N) is 1. The molecule has 0 saturated carbocycles. The Bertz CT molecular complexity index is 495. The van der Waals surface area contributed by atoms with E-state index in [1.807, 2.05) is 18.7 Å². The summed E-state index contributed by atoms with van der Waals surface area (Å²) < 4.78 is 1.89. The second-order valence-corrected chi connectivity index (χ2v) is 6.00. The van der Waals surface area contributed by atoms with Gasteiger partial charge < -0.3 is 5.32 Å². The van der Waals surface area contributed by atoms with E-state index >= 15 is 0 Å². The van der Waals surface area contributed by atoms with Crippen LogP contribution in [0.4, 0.5) is 0 Å². The fourth-order valence-corrected chi connectivity index (χ4v) is 3.28. The van der Waals surface area contributed by atoms with E-state index in [1.54, 1.807) is 0 Å². The van der Waals surface area contributed by atoms with Gasteiger partial charge in [0.05, 0.1) is 5.69 Å². The molecule has 118 valence electrons. The van der Waals surface area contributed by atoms with Crippen LogP contribution in [0.5, 0.6) is 0 Å². The molecular weight excluding hydrogens is 264 g/mol. The van der Waals surface area contributed by atoms with Crippen molar-refractivity contribution in [3.8, 4) is 0 Å². The van der Waals surface area contributed by atoms with Gasteiger partial charge >= 0.3 is 0 Å². The number of hydrogen-bond acceptors (Lipinski definition) is 3. The quantitative estimate of drug-likeness (QED) is 0.866. The Morgan fingerprint density at radius 3 is 2.81 bits per heavy atom. The number of hydrogen-bond donors (Lipinski definition) is 1. The predicted molar refractivity (Wildman–Crippen MR) is 84.3 cm³/mol. The van der Waals surface area contributed by atoms with E-state index in [0.717, 1.165) is 30.9 Å². The van der Waals surface area contributed by atoms with Crippen molar-refractivity contribution < 1.29 is 4.79 Å². The third-order valence-electron chi connectivity index (χ3n) is 4.70. The molecule has 0 bridgehead atoms. The molecule has 0 radical (unpaired) electrons. The van der Waals surface area contributed by atoms with E-state index in [0.29, 0.717) is 12.5 Å². The highest BCUT2D eigenvalue weighted by Gasteiger charge is 2.23. The van der Waals surface area contributed by atoms with Gasteiger partial charge in [0.15, 0.2) is 0 Å². The lowest BCUT2D eigenvalue weighted by atomic mass is 10.1. The maximum atomic E-state index is 12.0. The second kappa shape index (κ2) is 7.07. The summed E-state index contributed by atoms with van der Waals surface area (Å²) >= 11 is 0. The zero-order chi connectivity index (χ0) is 15.4. The SMILES string of the molecule is CCN1CCCC1CNC(=O)CCc1c(C)nn(C)c1C. The van der Waals surface area contributed by atoms with Crippen LogP contribution < -0.4 is 5.32 Å². The molecule has 5 heteroatoms. The summed E-state index contributed by atoms with van der Waals surface area (Å²) in [6.45, 7) is 9.30. The van der Waals surface area contributed by atoms with Gasteiger partial charge in [-0.05, 0) is 51.8 Å². The van der Waals surface area contributed by atoms with Crippen molar-refractivity contribution in [2.24, 2.45) is 7.05 Å². The molecule has 0 aromatic carbocycles. The summed E-state index contributed by atoms with van der Waals surface area (Å²) in [7, 11) is 1.95. The Balaban J connectivity index is 1.77. The topological polar surface area (TPSA) is 50.2 Å². The molecule has 21 heavy (non-hydrogen) atoms. The molecule has 1 amide bonds. The fourth-order valence-electron chi connectivity index (χ4n) is 3.28. The summed E-state index contributed by atoms with van der Waals surface area (Å²) in [6, 6.07) is 0.529. The van der Waals surface area contributed by atoms with Crippen molar-refractivity contribution >= 4 is 5.91 Å². The number of nitrogens with zero attached hydrogens (tertiary/aromatic N) is 3. The van der Waals surface area contributed by atoms with Crippen LogP contribution in [0.15, 0.2) is 0 Å². The van der Waals surface area contributed by atoms with E-state index in [2.05, 4.69) is 29.2 Å². The zero-order valence-electron chi connectivity index (χ0n) is 13.8. The number of amides is 1. The first-order valence-electron chi connectivity index (χ1n) is 8.02. The summed E-state index contributed by atoms with van der Waals surface area (Å²) in [4.78, 5) is 14.5. The standard InChI is InChI=1S/C16H28N4O/c1-5-20-10-6-7-14(20)11-17-16(21)9-8-15-12(2)18-19(4)13(15)3/h14H,5-11H2,1-4H3,(H,17,21). The van der Waals surface area contributed by atoms with Crippen LogP contribution in [0.25, 0.3) is 0 Å². The minimum Gasteiger partial charge on any atom is -0.355 e. The Kier molecular flexibility index (Phi) is 5.39. The number of rotatable bonds is 6. The first kappa shape index (κ1) is 16.0. The van der Waals surface area contributed by atoms with E-state index in [-0.39, 0.29) is 5.91 Å². The van der Waals surface area contributed by atoms with Gasteiger partial charge in [0.1, 0.15) is 0 Å². The average molecular weight is 292 g/mol. The molecule has 1 saturated heterocycles. The first-order valence-corrected chi connectivity index (χ1v) is 8.02. The Labute approximate surface area is 127 Å². The van der Waals surface area contributed by atoms with Gasteiger partial charge in [-0.3, -0.25) is 14.4 Å². The van der Waals surface area contributed by atoms with Crippen LogP contribution in [0.1, 0.15) is 43.1 Å². The predicted octanol–water partition coefficient (Wildman–Crippen LogP) is 1.57. The van der Waals surface area contributed by atoms with Crippen LogP contribution in [0, 0.1) is 13.8 Å². The van der Waals surface area contributed by atoms with Crippen LogP contribution in [-0.2, 0) is 18.3 Å². The highest BCUT2D eigenvalue weighted by atomic mass is 16.1. The first-order chi connectivity index (χ1) is 10.0. The maximum absolute atomic E-state index is 12.0. The molecule has 1 N–H and O–H groups in total. The van der Waals surface area contributed by atoms with Gasteiger partial charge in [0, 0.05) is 31.7 Å². The van der Waals surface area contributed by atoms with Crippen LogP contribution in [-0.4, -0.2) is 46.3 Å². The third kappa shape index (κ3) is 3.84. The largest absolute Gasteiger partial charge is 0.355 e. The molecule has 5 nitrogen and oxygen atoms in total. The summed E-state index contributed by atoms with van der Waals surface area (Å²) in [6.07, 6.45) is 3.78. The summed E-state index contributed by atoms with van der Waals surface area (Å²) in [5.41, 5.74) is 3.41. The van der Waals surface area contributed by atoms with Gasteiger partial charge in [0.2, 0.25) is 5.91 Å². The number of aryl methyl sites for hydroxylation is 2. The second-order valence-electron chi connectivity index (χ2n) is 6.00. The number of likely N-dealkylation sites (N-methyl/N-ethyl adjacent to an activating group) is 1. The van der Waals surface area contributed by atoms with Crippen LogP contribution in [0.3, 0.4) is 0 Å². The van der Waals surface area contributed by atoms with Crippen LogP contribution >= 0.6 is 0 Å². The third-order valence-corrected chi connectivity index (χ3v) is 4.70. The molecule has 0 spiro atoms. The van der Waals surface area contributed by atoms with Crippen molar-refractivity contribution in [1.29, 1.82) is 0 Å². The zero-order valence-corrected chi connectivity index (χ0v) is 13.8. The molecule has 1 aromatic heterocycles. The number of likely N-dealkylation sites (tertiary alicyclic amines) is 1. The molecule has 1 aliphatic rings. The van der Waals surface area contributed by atoms with Gasteiger partial charge in [0.25, 0.3) is 0 Å². The van der Waals surface area contributed by atoms with E-state index in [4.69, 9.17) is 0 Å². The van der Waals surface area contributed by atoms with Crippen LogP contribution in [0.2, 0.25) is 0 Å². The summed E-state index contributed by atoms with van der Waals surface area (Å²) in [5.74, 6) is 0.153. The lowest BCUT2D eigenvalue weighted by molar-refractivity contribution is -0.121. The molecule has 2 heterocycles. The van der Waals surface area contributed by atoms with Crippen molar-refractivity contribution in [1.82, 2.24) is 20.0 Å². The van der Waals surface area contributed by atoms with Gasteiger partial charge in [-0.2, -0.15) is 5.10 Å². The fraction of sp³-hybridized carbons (Fsp3) is 0.750. The van der Waals surface area contributed by atoms with Gasteiger partial charge in [-0.25, -0.2) is 0 Å². The molecule has 1 aliphatic heterocycles. The number of carbonyl (C=O) groups excluding carboxylic acids is 1. The maximum Gasteiger partial charge on any atom is 0.220 e. The van der Waals surface area contributed by atoms with Crippen molar-refractivity contribution in [2.75, 3.05) is 19.6 Å². The number of carbonyl (C=O) groups is 1. The average Bonchev–Trinajstić information content (AvgIpc) is 3.00. The van der Waals surface area contributed by atoms with Gasteiger partial charge in [-0.15, -0.1) is 0 Å². The Morgan fingerprint density at radius 2 is 2.19 bits per heavy atom. The molecule has 2 rings (SSSR count). The molecule has 1 atom stereocenters. The van der Waals surface area contributed by atoms with E-state index in [1.165, 1.54) is 24.9 Å². The highest BCUT2D eigenvalue weighted by molar-refractivity contribution is 5.76. The molecule has 1 unspecified atom stereocenters. The lowest BCUT2D eigenvalue weighted by Crippen LogP contribution is -2.40. The highest BCUT2D eigenvalue weighted by Crippen LogP contribution is 2.16. The van der Waals surface area contributed by atoms with E-state index in [9.17, 15) is 4.79 Å². The molecular formula is C16H28N4O. The van der Waals surface area contributed by atoms with Crippen molar-refractivity contribution in [3.63, 3.8) is 0 Å². The minimum absolute atomic E-state index is 0.153. The molecule has 0 aliphatic carbocycles. The summed E-state index contributed by atoms with van der Waals surface area (Å²) in [5, 5.41) is 7.49. The smallest absolute Gasteiger partial charge is 0.220 e. The lowest BCUT2D eigenvalue weighted by Gasteiger charge is -2.22. The van der Waals surface area contributed by atoms with Crippen molar-refractivity contribution in [3.05, 3.63) is 17.0 Å². The monoisotopic (exact) mass is 292 g/mol. The normalized spacial score (nSPS) is 19.1. The minimum atomic E-state index is 0.153. The van der Waals surface area contributed by atoms with Crippen molar-refractivity contribution in [2.45, 2.75) is 52.5 Å².